The topological polar surface area (TPSA) is 56.0 Å². The summed E-state index contributed by atoms with van der Waals surface area (Å²) in [4.78, 5) is 15.6. The summed E-state index contributed by atoms with van der Waals surface area (Å²) in [5.41, 5.74) is 5.45. The molecule has 0 aliphatic heterocycles. The van der Waals surface area contributed by atoms with E-state index in [1.54, 1.807) is 18.2 Å². The van der Waals surface area contributed by atoms with Gasteiger partial charge in [0.05, 0.1) is 4.88 Å². The highest BCUT2D eigenvalue weighted by molar-refractivity contribution is 7.17. The molecule has 0 fully saturated rings. The smallest absolute Gasteiger partial charge is 0.280 e. The van der Waals surface area contributed by atoms with Crippen molar-refractivity contribution in [2.75, 3.05) is 0 Å². The predicted molar refractivity (Wildman–Crippen MR) is 61.0 cm³/mol. The van der Waals surface area contributed by atoms with Crippen molar-refractivity contribution in [3.63, 3.8) is 0 Å². The van der Waals surface area contributed by atoms with E-state index in [0.717, 1.165) is 0 Å². The monoisotopic (exact) mass is 254 g/mol. The summed E-state index contributed by atoms with van der Waals surface area (Å²) in [6, 6.07) is 6.17. The van der Waals surface area contributed by atoms with Crippen LogP contribution in [0.25, 0.3) is 10.4 Å². The molecule has 88 valence electrons. The molecule has 2 heterocycles. The fraction of sp³-hybridized carbons (Fsp3) is 0.0909. The van der Waals surface area contributed by atoms with E-state index in [-0.39, 0.29) is 5.69 Å². The van der Waals surface area contributed by atoms with E-state index in [2.05, 4.69) is 4.98 Å². The van der Waals surface area contributed by atoms with Crippen LogP contribution in [0.5, 0.6) is 0 Å². The van der Waals surface area contributed by atoms with Crippen LogP contribution >= 0.6 is 11.3 Å². The third-order valence-corrected chi connectivity index (χ3v) is 3.29. The average Bonchev–Trinajstić information content (AvgIpc) is 2.78. The number of pyridine rings is 1. The van der Waals surface area contributed by atoms with Crippen LogP contribution in [0.3, 0.4) is 0 Å². The Bertz CT molecular complexity index is 554. The maximum atomic E-state index is 12.5. The van der Waals surface area contributed by atoms with Gasteiger partial charge in [-0.15, -0.1) is 11.3 Å². The van der Waals surface area contributed by atoms with Gasteiger partial charge in [-0.1, -0.05) is 0 Å². The molecular formula is C11H8F2N2OS. The second kappa shape index (κ2) is 4.58. The molecule has 6 heteroatoms. The second-order valence-corrected chi connectivity index (χ2v) is 4.38. The van der Waals surface area contributed by atoms with E-state index in [0.29, 0.717) is 15.3 Å². The number of aromatic nitrogens is 1. The first kappa shape index (κ1) is 11.7. The lowest BCUT2D eigenvalue weighted by Crippen LogP contribution is -2.07. The molecule has 0 spiro atoms. The second-order valence-electron chi connectivity index (χ2n) is 3.30. The summed E-state index contributed by atoms with van der Waals surface area (Å²) >= 11 is 1.17. The summed E-state index contributed by atoms with van der Waals surface area (Å²) in [5.74, 6) is -0.524. The van der Waals surface area contributed by atoms with Crippen LogP contribution in [0.15, 0.2) is 30.5 Å². The van der Waals surface area contributed by atoms with Gasteiger partial charge in [-0.05, 0) is 29.8 Å². The van der Waals surface area contributed by atoms with Crippen LogP contribution in [-0.4, -0.2) is 10.9 Å². The maximum absolute atomic E-state index is 12.5. The largest absolute Gasteiger partial charge is 0.365 e. The number of carbonyl (C=O) groups is 1. The number of alkyl halides is 2. The number of primary amides is 1. The first-order valence-corrected chi connectivity index (χ1v) is 5.53. The van der Waals surface area contributed by atoms with Gasteiger partial charge in [0.1, 0.15) is 5.69 Å². The fourth-order valence-corrected chi connectivity index (χ4v) is 2.20. The van der Waals surface area contributed by atoms with E-state index >= 15 is 0 Å². The van der Waals surface area contributed by atoms with Gasteiger partial charge < -0.3 is 5.73 Å². The zero-order valence-corrected chi connectivity index (χ0v) is 9.38. The highest BCUT2D eigenvalue weighted by Crippen LogP contribution is 2.29. The molecule has 2 N–H and O–H groups in total. The molecule has 0 aromatic carbocycles. The molecule has 2 aromatic heterocycles. The van der Waals surface area contributed by atoms with Crippen molar-refractivity contribution in [1.29, 1.82) is 0 Å². The highest BCUT2D eigenvalue weighted by Gasteiger charge is 2.11. The maximum Gasteiger partial charge on any atom is 0.280 e. The van der Waals surface area contributed by atoms with Crippen molar-refractivity contribution in [2.24, 2.45) is 5.73 Å². The Hall–Kier alpha value is -1.82. The molecule has 3 nitrogen and oxygen atoms in total. The number of halogens is 2. The van der Waals surface area contributed by atoms with Crippen LogP contribution in [0.1, 0.15) is 21.8 Å². The third-order valence-electron chi connectivity index (χ3n) is 2.14. The Morgan fingerprint density at radius 3 is 2.71 bits per heavy atom. The molecule has 0 saturated heterocycles. The van der Waals surface area contributed by atoms with Gasteiger partial charge in [0.15, 0.2) is 0 Å². The van der Waals surface area contributed by atoms with Gasteiger partial charge in [0, 0.05) is 11.1 Å². The van der Waals surface area contributed by atoms with Crippen LogP contribution in [0.2, 0.25) is 0 Å². The molecule has 0 radical (unpaired) electrons. The minimum absolute atomic E-state index is 0.281. The SMILES string of the molecule is NC(=O)c1ccc(-c2ccnc(C(F)F)c2)s1. The first-order chi connectivity index (χ1) is 8.08. The molecule has 0 aliphatic rings. The average molecular weight is 254 g/mol. The molecule has 0 atom stereocenters. The van der Waals surface area contributed by atoms with Gasteiger partial charge in [-0.3, -0.25) is 9.78 Å². The molecule has 0 aliphatic carbocycles. The number of hydrogen-bond donors (Lipinski definition) is 1. The quantitative estimate of drug-likeness (QED) is 0.915. The minimum atomic E-state index is -2.61. The minimum Gasteiger partial charge on any atom is -0.365 e. The van der Waals surface area contributed by atoms with E-state index < -0.39 is 12.3 Å². The zero-order chi connectivity index (χ0) is 12.4. The predicted octanol–water partition coefficient (Wildman–Crippen LogP) is 2.85. The number of thiophene rings is 1. The fourth-order valence-electron chi connectivity index (χ4n) is 1.35. The molecule has 17 heavy (non-hydrogen) atoms. The van der Waals surface area contributed by atoms with Crippen molar-refractivity contribution in [3.05, 3.63) is 41.0 Å². The summed E-state index contributed by atoms with van der Waals surface area (Å²) in [6.45, 7) is 0. The first-order valence-electron chi connectivity index (χ1n) is 4.72. The van der Waals surface area contributed by atoms with E-state index in [1.165, 1.54) is 23.6 Å². The number of amides is 1. The molecule has 0 unspecified atom stereocenters. The number of nitrogens with zero attached hydrogens (tertiary/aromatic N) is 1. The van der Waals surface area contributed by atoms with Crippen LogP contribution in [-0.2, 0) is 0 Å². The van der Waals surface area contributed by atoms with Gasteiger partial charge >= 0.3 is 0 Å². The Labute approximate surface area is 99.9 Å². The van der Waals surface area contributed by atoms with Crippen LogP contribution in [0.4, 0.5) is 8.78 Å². The molecule has 2 aromatic rings. The van der Waals surface area contributed by atoms with Gasteiger partial charge in [0.25, 0.3) is 12.3 Å². The standard InChI is InChI=1S/C11H8F2N2OS/c12-10(13)7-5-6(3-4-15-7)8-1-2-9(17-8)11(14)16/h1-5,10H,(H2,14,16). The molecular weight excluding hydrogens is 246 g/mol. The van der Waals surface area contributed by atoms with E-state index in [1.807, 2.05) is 0 Å². The lowest BCUT2D eigenvalue weighted by Gasteiger charge is -2.01. The lowest BCUT2D eigenvalue weighted by molar-refractivity contribution is 0.100. The summed E-state index contributed by atoms with van der Waals surface area (Å²) < 4.78 is 24.9. The van der Waals surface area contributed by atoms with Crippen molar-refractivity contribution in [2.45, 2.75) is 6.43 Å². The van der Waals surface area contributed by atoms with Crippen molar-refractivity contribution in [1.82, 2.24) is 4.98 Å². The molecule has 1 amide bonds. The van der Waals surface area contributed by atoms with E-state index in [4.69, 9.17) is 5.73 Å². The summed E-state index contributed by atoms with van der Waals surface area (Å²) in [5, 5.41) is 0. The van der Waals surface area contributed by atoms with Crippen LogP contribution < -0.4 is 5.73 Å². The van der Waals surface area contributed by atoms with Crippen molar-refractivity contribution < 1.29 is 13.6 Å². The Kier molecular flexibility index (Phi) is 3.14. The Balaban J connectivity index is 2.38. The number of hydrogen-bond acceptors (Lipinski definition) is 3. The normalized spacial score (nSPS) is 10.8. The number of carbonyl (C=O) groups excluding carboxylic acids is 1. The van der Waals surface area contributed by atoms with Crippen molar-refractivity contribution in [3.8, 4) is 10.4 Å². The summed E-state index contributed by atoms with van der Waals surface area (Å²) in [7, 11) is 0. The zero-order valence-electron chi connectivity index (χ0n) is 8.56. The molecule has 0 bridgehead atoms. The highest BCUT2D eigenvalue weighted by atomic mass is 32.1. The van der Waals surface area contributed by atoms with E-state index in [9.17, 15) is 13.6 Å². The van der Waals surface area contributed by atoms with Gasteiger partial charge in [0.2, 0.25) is 0 Å². The lowest BCUT2D eigenvalue weighted by atomic mass is 10.2. The Morgan fingerprint density at radius 1 is 1.35 bits per heavy atom. The Morgan fingerprint density at radius 2 is 2.12 bits per heavy atom. The molecule has 0 saturated carbocycles. The van der Waals surface area contributed by atoms with Gasteiger partial charge in [-0.25, -0.2) is 8.78 Å². The third kappa shape index (κ3) is 2.47. The van der Waals surface area contributed by atoms with Gasteiger partial charge in [-0.2, -0.15) is 0 Å². The number of nitrogens with two attached hydrogens (primary N) is 1. The van der Waals surface area contributed by atoms with Crippen molar-refractivity contribution >= 4 is 17.2 Å². The molecule has 2 rings (SSSR count). The number of rotatable bonds is 3. The summed E-state index contributed by atoms with van der Waals surface area (Å²) in [6.07, 6.45) is -1.29. The van der Waals surface area contributed by atoms with Crippen LogP contribution in [0, 0.1) is 0 Å².